The monoisotopic (exact) mass is 1560 g/mol. The smallest absolute Gasteiger partial charge is 0.492 e. The first-order chi connectivity index (χ1) is 51.6. The van der Waals surface area contributed by atoms with E-state index in [0.29, 0.717) is 44.2 Å². The van der Waals surface area contributed by atoms with Crippen molar-refractivity contribution in [2.45, 2.75) is 212 Å². The Hall–Kier alpha value is -8.51. The zero-order valence-electron chi connectivity index (χ0n) is 63.9. The SMILES string of the molecule is CC.CC(C)(C)OC(=O)NC1(C)CNCC12CC2.COc1c(F)c(F)cc2c(=O)c(C(=O)OB(F)F)cn([C@@H]3C[C@@H]3F)c12.COc1c(N2CC(C)(N)C3(CC3)C2)c(F)cc2c(=O)c(COO)cn([C@@H]3C[C@@H]3F)c12.COc1c(N2CC3(CC3)C(C)(NC(=O)OC(C)(C)C)C2)c(F)cc2c(=O)c(COO)cn([C@@H]3C[C@@H]3F)c12. The number of halogens is 9. The van der Waals surface area contributed by atoms with Crippen LogP contribution in [0.4, 0.5) is 60.3 Å². The summed E-state index contributed by atoms with van der Waals surface area (Å²) in [7, 11) is 0.343. The van der Waals surface area contributed by atoms with E-state index in [1.54, 1.807) is 29.9 Å². The minimum absolute atomic E-state index is 0.0105. The largest absolute Gasteiger partial charge is 0.798 e. The van der Waals surface area contributed by atoms with E-state index in [9.17, 15) is 59.4 Å². The molecule has 35 heteroatoms. The van der Waals surface area contributed by atoms with Crippen LogP contribution in [0.2, 0.25) is 0 Å². The summed E-state index contributed by atoms with van der Waals surface area (Å²) in [6.45, 7) is 24.0. The number of rotatable bonds is 16. The van der Waals surface area contributed by atoms with Gasteiger partial charge in [-0.15, -0.1) is 0 Å². The van der Waals surface area contributed by atoms with Crippen molar-refractivity contribution < 1.29 is 102 Å². The van der Waals surface area contributed by atoms with Gasteiger partial charge in [-0.25, -0.2) is 59.1 Å². The molecule has 7 N–H and O–H groups in total. The van der Waals surface area contributed by atoms with Crippen LogP contribution in [0, 0.1) is 39.5 Å². The van der Waals surface area contributed by atoms with Gasteiger partial charge in [0.1, 0.15) is 59.9 Å². The van der Waals surface area contributed by atoms with Crippen LogP contribution in [-0.2, 0) is 37.1 Å². The van der Waals surface area contributed by atoms with Gasteiger partial charge < -0.3 is 73.5 Å². The Morgan fingerprint density at radius 1 is 0.564 bits per heavy atom. The summed E-state index contributed by atoms with van der Waals surface area (Å²) in [5, 5.41) is 26.7. The lowest BCUT2D eigenvalue weighted by Crippen LogP contribution is -2.54. The van der Waals surface area contributed by atoms with Crippen LogP contribution in [0.3, 0.4) is 0 Å². The second-order valence-electron chi connectivity index (χ2n) is 32.6. The van der Waals surface area contributed by atoms with Crippen molar-refractivity contribution in [3.63, 3.8) is 0 Å². The first-order valence-electron chi connectivity index (χ1n) is 36.5. The fraction of sp³-hybridized carbons (Fsp3) is 0.600. The molecule has 602 valence electrons. The highest BCUT2D eigenvalue weighted by Gasteiger charge is 2.65. The quantitative estimate of drug-likeness (QED) is 0.0227. The molecule has 15 rings (SSSR count). The Bertz CT molecular complexity index is 4770. The van der Waals surface area contributed by atoms with E-state index >= 15 is 8.78 Å². The number of carbonyl (C=O) groups is 3. The van der Waals surface area contributed by atoms with Gasteiger partial charge in [-0.2, -0.15) is 4.39 Å². The van der Waals surface area contributed by atoms with E-state index in [1.165, 1.54) is 45.5 Å². The van der Waals surface area contributed by atoms with Gasteiger partial charge in [0.15, 0.2) is 45.6 Å². The molecule has 3 saturated heterocycles. The number of pyridine rings is 3. The van der Waals surface area contributed by atoms with Crippen molar-refractivity contribution >= 4 is 69.7 Å². The van der Waals surface area contributed by atoms with E-state index in [1.807, 2.05) is 58.3 Å². The number of alkyl carbamates (subject to hydrolysis) is 2. The number of nitrogens with two attached hydrogens (primary N) is 1. The number of nitrogens with one attached hydrogen (secondary N) is 3. The van der Waals surface area contributed by atoms with Gasteiger partial charge in [-0.05, 0) is 119 Å². The normalized spacial score (nSPS) is 25.6. The van der Waals surface area contributed by atoms with Gasteiger partial charge in [-0.1, -0.05) is 13.8 Å². The van der Waals surface area contributed by atoms with Crippen molar-refractivity contribution in [2.75, 3.05) is 70.4 Å². The molecule has 3 aromatic carbocycles. The zero-order chi connectivity index (χ0) is 80.8. The molecule has 9 atom stereocenters. The second kappa shape index (κ2) is 30.2. The molecule has 2 amide bonds. The van der Waals surface area contributed by atoms with E-state index in [2.05, 4.69) is 37.3 Å². The molecule has 9 aliphatic rings. The lowest BCUT2D eigenvalue weighted by Gasteiger charge is -2.33. The number of fused-ring (bicyclic) bond motifs is 3. The maximum absolute atomic E-state index is 15.8. The van der Waals surface area contributed by atoms with Crippen molar-refractivity contribution in [3.05, 3.63) is 107 Å². The van der Waals surface area contributed by atoms with Gasteiger partial charge in [0.05, 0.1) is 83.2 Å². The number of amides is 2. The van der Waals surface area contributed by atoms with Gasteiger partial charge in [0, 0.05) is 110 Å². The maximum Gasteiger partial charge on any atom is 0.798 e. The predicted molar refractivity (Wildman–Crippen MR) is 390 cm³/mol. The van der Waals surface area contributed by atoms with Crippen molar-refractivity contribution in [2.24, 2.45) is 22.0 Å². The first kappa shape index (κ1) is 82.5. The minimum atomic E-state index is -3.48. The third-order valence-corrected chi connectivity index (χ3v) is 22.5. The van der Waals surface area contributed by atoms with Crippen LogP contribution >= 0.6 is 0 Å². The highest BCUT2D eigenvalue weighted by Crippen LogP contribution is 2.62. The lowest BCUT2D eigenvalue weighted by molar-refractivity contribution is -0.253. The third kappa shape index (κ3) is 15.8. The molecule has 6 aliphatic carbocycles. The van der Waals surface area contributed by atoms with Crippen molar-refractivity contribution in [1.29, 1.82) is 0 Å². The molecule has 25 nitrogen and oxygen atoms in total. The number of alkyl halides is 3. The van der Waals surface area contributed by atoms with Gasteiger partial charge in [-0.3, -0.25) is 24.9 Å². The van der Waals surface area contributed by atoms with Crippen LogP contribution < -0.4 is 62.0 Å². The lowest BCUT2D eigenvalue weighted by atomic mass is 9.86. The molecular weight excluding hydrogens is 1460 g/mol. The molecular formula is C75H95BF9N9O16. The van der Waals surface area contributed by atoms with Crippen molar-refractivity contribution in [3.8, 4) is 17.2 Å². The van der Waals surface area contributed by atoms with Gasteiger partial charge in [0.2, 0.25) is 11.2 Å². The standard InChI is InChI=1S/C26H33F2N3O6.C21H25F2N3O4.C14H9BF5NO4.C12H22N2O2.C2H6/c1-24(2,3)37-23(33)29-25(4)12-30(13-26(25)6-7-26)20-17(28)8-15-19(22(20)35-5)31(18-9-16(18)27)10-14(11-36-34)21(15)32;1-20(24)9-25(10-21(20)3-4-21)17-14(23)5-12-16(19(17)29-2)26(15-6-13(15)22)7-11(8-30-28)18(12)27;1-24-13-10(18)8(17)2-5-11(13)21(9-3-7(9)16)4-6(12(5)22)14(23)25-15(19)20;1-10(2,3)16-9(15)14-11(4)7-13-8-12(11)5-6-12;1-2/h8,10,16,18,34H,6-7,9,11-13H2,1-5H3,(H,29,33);5,7,13,15,28H,3-4,6,8-10,24H2,1-2H3;2,4,7,9H,3H2,1H3;13H,5-8H2,1-4H3,(H,14,15);1-2H3/t16-,18+,25?;13-,15+,20?;7-,9+;;/m000../s1. The van der Waals surface area contributed by atoms with E-state index < -0.39 is 141 Å². The molecule has 6 saturated carbocycles. The average molecular weight is 1560 g/mol. The Balaban J connectivity index is 0.000000149. The minimum Gasteiger partial charge on any atom is -0.492 e. The van der Waals surface area contributed by atoms with Crippen molar-refractivity contribution in [1.82, 2.24) is 29.7 Å². The van der Waals surface area contributed by atoms with Crippen LogP contribution in [0.15, 0.2) is 51.2 Å². The zero-order valence-corrected chi connectivity index (χ0v) is 63.9. The Kier molecular flexibility index (Phi) is 22.6. The summed E-state index contributed by atoms with van der Waals surface area (Å²) >= 11 is 0. The fourth-order valence-electron chi connectivity index (χ4n) is 15.9. The maximum atomic E-state index is 15.8. The van der Waals surface area contributed by atoms with Crippen LogP contribution in [0.25, 0.3) is 32.7 Å². The molecule has 3 aromatic heterocycles. The van der Waals surface area contributed by atoms with Crippen LogP contribution in [0.1, 0.15) is 174 Å². The number of carbonyl (C=O) groups excluding carboxylic acids is 3. The number of ether oxygens (including phenoxy) is 5. The Labute approximate surface area is 628 Å². The van der Waals surface area contributed by atoms with Crippen LogP contribution in [0.5, 0.6) is 17.2 Å². The summed E-state index contributed by atoms with van der Waals surface area (Å²) in [6.07, 6.45) is 5.95. The molecule has 6 aromatic rings. The summed E-state index contributed by atoms with van der Waals surface area (Å²) in [5.74, 6) is -6.09. The number of hydrogen-bond acceptors (Lipinski definition) is 20. The molecule has 0 bridgehead atoms. The molecule has 3 unspecified atom stereocenters. The third-order valence-electron chi connectivity index (χ3n) is 22.5. The molecule has 3 aliphatic heterocycles. The highest BCUT2D eigenvalue weighted by atomic mass is 19.2. The number of hydrogen-bond donors (Lipinski definition) is 6. The Morgan fingerprint density at radius 3 is 1.33 bits per heavy atom. The number of benzene rings is 3. The highest BCUT2D eigenvalue weighted by molar-refractivity contribution is 6.38. The summed E-state index contributed by atoms with van der Waals surface area (Å²) in [5.41, 5.74) is 2.07. The molecule has 9 fully saturated rings. The van der Waals surface area contributed by atoms with E-state index in [4.69, 9.17) is 39.9 Å². The predicted octanol–water partition coefficient (Wildman–Crippen LogP) is 12.4. The first-order valence-corrected chi connectivity index (χ1v) is 36.5. The average Bonchev–Trinajstić information content (AvgIpc) is 1.48. The molecule has 0 radical (unpaired) electrons. The fourth-order valence-corrected chi connectivity index (χ4v) is 15.9. The Morgan fingerprint density at radius 2 is 0.945 bits per heavy atom. The number of aromatic nitrogens is 3. The van der Waals surface area contributed by atoms with Gasteiger partial charge >= 0.3 is 25.6 Å². The van der Waals surface area contributed by atoms with E-state index in [-0.39, 0.29) is 103 Å². The van der Waals surface area contributed by atoms with Gasteiger partial charge in [0.25, 0.3) is 0 Å². The summed E-state index contributed by atoms with van der Waals surface area (Å²) < 4.78 is 160. The summed E-state index contributed by atoms with van der Waals surface area (Å²) in [4.78, 5) is 86.5. The second-order valence-corrected chi connectivity index (χ2v) is 32.6. The summed E-state index contributed by atoms with van der Waals surface area (Å²) in [6, 6.07) is 0.916. The molecule has 3 spiro atoms. The number of methoxy groups -OCH3 is 3. The number of nitrogens with zero attached hydrogens (tertiary/aromatic N) is 5. The number of anilines is 2. The molecule has 6 heterocycles. The topological polar surface area (TPSA) is 300 Å². The molecule has 110 heavy (non-hydrogen) atoms. The van der Waals surface area contributed by atoms with Crippen LogP contribution in [-0.4, -0.2) is 157 Å². The van der Waals surface area contributed by atoms with E-state index in [0.717, 1.165) is 62.7 Å².